The molecule has 0 spiro atoms. The Hall–Kier alpha value is -2.50. The number of aromatic nitrogens is 4. The number of anilines is 1. The van der Waals surface area contributed by atoms with Crippen molar-refractivity contribution < 1.29 is 81.2 Å². The molecule has 1 saturated heterocycles. The first-order valence-corrected chi connectivity index (χ1v) is 15.2. The maximum Gasteiger partial charge on any atom is 0.490 e. The number of aliphatic carboxylic acids is 2. The Morgan fingerprint density at radius 2 is 1.64 bits per heavy atom. The number of nitrogens with zero attached hydrogens (tertiary/aromatic N) is 4. The van der Waals surface area contributed by atoms with Crippen LogP contribution in [0.25, 0.3) is 11.2 Å². The summed E-state index contributed by atoms with van der Waals surface area (Å²) in [6, 6.07) is -1.06. The monoisotopic (exact) mass is 671 g/mol. The molecule has 0 aromatic carbocycles. The van der Waals surface area contributed by atoms with E-state index in [-0.39, 0.29) is 36.0 Å². The SMILES string of the molecule is N.NC(CCC(=O)O)C(=O)O.Nc1ncnc2c1ncn2[C@@H]1O[C@H](COP(=O)(O)OP(=O)(O)OP(=O)(O)O)[C@@H](O)[C@H]1O. The first-order chi connectivity index (χ1) is 18.7. The number of nitrogens with two attached hydrogens (primary N) is 2. The molecular weight excluding hydrogens is 643 g/mol. The topological polar surface area (TPSA) is 415 Å². The highest BCUT2D eigenvalue weighted by Gasteiger charge is 2.47. The molecule has 0 saturated carbocycles. The third kappa shape index (κ3) is 11.0. The van der Waals surface area contributed by atoms with Crippen molar-refractivity contribution in [2.45, 2.75) is 43.4 Å². The van der Waals surface area contributed by atoms with Gasteiger partial charge in [0.25, 0.3) is 0 Å². The minimum absolute atomic E-state index is 0. The molecule has 0 aliphatic carbocycles. The van der Waals surface area contributed by atoms with Gasteiger partial charge in [0.2, 0.25) is 0 Å². The van der Waals surface area contributed by atoms with Gasteiger partial charge < -0.3 is 62.4 Å². The van der Waals surface area contributed by atoms with Gasteiger partial charge in [0, 0.05) is 6.42 Å². The number of aliphatic hydroxyl groups is 2. The normalized spacial score (nSPS) is 24.0. The maximum atomic E-state index is 11.8. The van der Waals surface area contributed by atoms with Crippen LogP contribution in [-0.4, -0.2) is 102 Å². The first-order valence-electron chi connectivity index (χ1n) is 10.7. The summed E-state index contributed by atoms with van der Waals surface area (Å²) in [4.78, 5) is 67.1. The third-order valence-electron chi connectivity index (χ3n) is 4.80. The molecule has 2 aromatic heterocycles. The van der Waals surface area contributed by atoms with Gasteiger partial charge >= 0.3 is 35.4 Å². The Morgan fingerprint density at radius 1 is 1.02 bits per heavy atom. The van der Waals surface area contributed by atoms with Crippen LogP contribution in [0, 0.1) is 0 Å². The molecular formula is C15H28N7O17P3. The maximum absolute atomic E-state index is 11.8. The van der Waals surface area contributed by atoms with Crippen molar-refractivity contribution in [1.29, 1.82) is 0 Å². The molecule has 1 aliphatic heterocycles. The fraction of sp³-hybridized carbons (Fsp3) is 0.533. The summed E-state index contributed by atoms with van der Waals surface area (Å²) in [6.45, 7) is -0.956. The van der Waals surface area contributed by atoms with E-state index in [1.165, 1.54) is 10.9 Å². The molecule has 7 atom stereocenters. The van der Waals surface area contributed by atoms with Crippen molar-refractivity contribution in [3.05, 3.63) is 12.7 Å². The largest absolute Gasteiger partial charge is 0.490 e. The van der Waals surface area contributed by atoms with Gasteiger partial charge in [-0.2, -0.15) is 8.62 Å². The molecule has 0 bridgehead atoms. The van der Waals surface area contributed by atoms with Gasteiger partial charge in [-0.1, -0.05) is 0 Å². The lowest BCUT2D eigenvalue weighted by Gasteiger charge is -2.19. The molecule has 2 aromatic rings. The molecule has 240 valence electrons. The van der Waals surface area contributed by atoms with Crippen LogP contribution in [0.5, 0.6) is 0 Å². The van der Waals surface area contributed by atoms with E-state index in [4.69, 9.17) is 41.1 Å². The van der Waals surface area contributed by atoms with Crippen molar-refractivity contribution in [3.63, 3.8) is 0 Å². The Balaban J connectivity index is 0.000000689. The fourth-order valence-corrected chi connectivity index (χ4v) is 6.06. The second-order valence-electron chi connectivity index (χ2n) is 7.89. The van der Waals surface area contributed by atoms with E-state index in [1.54, 1.807) is 0 Å². The lowest BCUT2D eigenvalue weighted by Crippen LogP contribution is -2.33. The predicted octanol–water partition coefficient (Wildman–Crippen LogP) is -2.20. The van der Waals surface area contributed by atoms with Gasteiger partial charge in [0.05, 0.1) is 12.9 Å². The number of ether oxygens (including phenoxy) is 1. The molecule has 3 heterocycles. The Bertz CT molecular complexity index is 1390. The molecule has 0 radical (unpaired) electrons. The number of aliphatic hydroxyl groups excluding tert-OH is 2. The van der Waals surface area contributed by atoms with E-state index in [9.17, 15) is 38.4 Å². The van der Waals surface area contributed by atoms with E-state index in [0.29, 0.717) is 0 Å². The number of carboxylic acids is 2. The van der Waals surface area contributed by atoms with E-state index in [2.05, 4.69) is 28.1 Å². The lowest BCUT2D eigenvalue weighted by molar-refractivity contribution is -0.139. The second-order valence-corrected chi connectivity index (χ2v) is 12.3. The minimum Gasteiger partial charge on any atom is -0.481 e. The fourth-order valence-electron chi connectivity index (χ4n) is 3.03. The number of rotatable bonds is 12. The van der Waals surface area contributed by atoms with Crippen molar-refractivity contribution in [3.8, 4) is 0 Å². The quantitative estimate of drug-likeness (QED) is 0.107. The zero-order valence-corrected chi connectivity index (χ0v) is 23.6. The van der Waals surface area contributed by atoms with Crippen LogP contribution in [0.3, 0.4) is 0 Å². The average molecular weight is 671 g/mol. The van der Waals surface area contributed by atoms with Gasteiger partial charge in [0.1, 0.15) is 36.2 Å². The van der Waals surface area contributed by atoms with Crippen LogP contribution in [0.2, 0.25) is 0 Å². The number of hydrogen-bond acceptors (Lipinski definition) is 17. The van der Waals surface area contributed by atoms with E-state index in [0.717, 1.165) is 6.33 Å². The number of phosphoric ester groups is 1. The molecule has 3 rings (SSSR count). The number of carbonyl (C=O) groups is 2. The highest BCUT2D eigenvalue weighted by atomic mass is 31.3. The van der Waals surface area contributed by atoms with E-state index in [1.807, 2.05) is 0 Å². The number of fused-ring (bicyclic) bond motifs is 1. The van der Waals surface area contributed by atoms with Crippen LogP contribution >= 0.6 is 23.5 Å². The molecule has 24 nitrogen and oxygen atoms in total. The van der Waals surface area contributed by atoms with Gasteiger partial charge in [-0.25, -0.2) is 28.6 Å². The summed E-state index contributed by atoms with van der Waals surface area (Å²) in [6.07, 6.45) is -3.91. The number of carboxylic acid groups (broad SMARTS) is 2. The second kappa shape index (κ2) is 14.8. The number of imidazole rings is 1. The molecule has 42 heavy (non-hydrogen) atoms. The molecule has 1 aliphatic rings. The Morgan fingerprint density at radius 3 is 2.19 bits per heavy atom. The van der Waals surface area contributed by atoms with Gasteiger partial charge in [0.15, 0.2) is 17.7 Å². The van der Waals surface area contributed by atoms with Gasteiger partial charge in [-0.05, 0) is 6.42 Å². The molecule has 3 unspecified atom stereocenters. The van der Waals surface area contributed by atoms with Gasteiger partial charge in [-0.3, -0.25) is 18.7 Å². The van der Waals surface area contributed by atoms with Crippen molar-refractivity contribution in [2.24, 2.45) is 5.73 Å². The van der Waals surface area contributed by atoms with Crippen LogP contribution in [0.15, 0.2) is 12.7 Å². The van der Waals surface area contributed by atoms with Crippen LogP contribution < -0.4 is 17.6 Å². The van der Waals surface area contributed by atoms with Crippen LogP contribution in [0.1, 0.15) is 19.1 Å². The molecule has 27 heteroatoms. The molecule has 0 amide bonds. The highest BCUT2D eigenvalue weighted by Crippen LogP contribution is 2.66. The Kier molecular flexibility index (Phi) is 13.2. The summed E-state index contributed by atoms with van der Waals surface area (Å²) in [7, 11) is -16.7. The summed E-state index contributed by atoms with van der Waals surface area (Å²) in [5.41, 5.74) is 11.0. The molecule has 1 fully saturated rings. The average Bonchev–Trinajstić information content (AvgIpc) is 3.36. The van der Waals surface area contributed by atoms with E-state index >= 15 is 0 Å². The third-order valence-corrected chi connectivity index (χ3v) is 8.61. The highest BCUT2D eigenvalue weighted by molar-refractivity contribution is 7.66. The van der Waals surface area contributed by atoms with Gasteiger partial charge in [-0.15, -0.1) is 0 Å². The first kappa shape index (κ1) is 37.5. The number of nitrogen functional groups attached to an aromatic ring is 1. The van der Waals surface area contributed by atoms with Crippen molar-refractivity contribution >= 4 is 52.4 Å². The standard InChI is InChI=1S/C10H16N5O13P3.C5H9NO4.H3N/c11-8-5-9(13-2-12-8)15(3-14-5)10-7(17)6(16)4(26-10)1-25-30(21,22)28-31(23,24)27-29(18,19)20;6-3(5(9)10)1-2-4(7)8;/h2-4,6-7,10,16-17H,1H2,(H,21,22)(H,23,24)(H2,11,12,13)(H2,18,19,20);3H,1-2,6H2,(H,7,8)(H,9,10);1H3/t4-,6-,7-,10-;;/m1../s1. The van der Waals surface area contributed by atoms with Crippen molar-refractivity contribution in [2.75, 3.05) is 12.3 Å². The minimum atomic E-state index is -5.70. The zero-order chi connectivity index (χ0) is 31.3. The lowest BCUT2D eigenvalue weighted by atomic mass is 10.1. The van der Waals surface area contributed by atoms with E-state index < -0.39 is 72.6 Å². The van der Waals surface area contributed by atoms with Crippen molar-refractivity contribution in [1.82, 2.24) is 25.7 Å². The predicted molar refractivity (Wildman–Crippen MR) is 133 cm³/mol. The number of phosphoric acid groups is 3. The zero-order valence-electron chi connectivity index (χ0n) is 20.9. The summed E-state index contributed by atoms with van der Waals surface area (Å²) in [5, 5.41) is 36.7. The van der Waals surface area contributed by atoms with Crippen LogP contribution in [0.4, 0.5) is 5.82 Å². The summed E-state index contributed by atoms with van der Waals surface area (Å²) in [5.74, 6) is -2.15. The summed E-state index contributed by atoms with van der Waals surface area (Å²) < 4.78 is 51.9. The smallest absolute Gasteiger partial charge is 0.481 e. The summed E-state index contributed by atoms with van der Waals surface area (Å²) >= 11 is 0. The molecule has 15 N–H and O–H groups in total. The van der Waals surface area contributed by atoms with Crippen LogP contribution in [-0.2, 0) is 41.2 Å². The Labute approximate surface area is 233 Å². The number of hydrogen-bond donors (Lipinski definition) is 11.